The first-order chi connectivity index (χ1) is 25.4. The molecule has 2 amide bonds. The van der Waals surface area contributed by atoms with Crippen LogP contribution in [0.15, 0.2) is 145 Å². The maximum atomic E-state index is 12.2. The van der Waals surface area contributed by atoms with Crippen LogP contribution in [0.5, 0.6) is 0 Å². The van der Waals surface area contributed by atoms with Crippen molar-refractivity contribution in [1.29, 1.82) is 0 Å². The smallest absolute Gasteiger partial charge is 0.276 e. The second-order valence-corrected chi connectivity index (χ2v) is 13.0. The highest BCUT2D eigenvalue weighted by Crippen LogP contribution is 2.23. The molecule has 10 nitrogen and oxygen atoms in total. The summed E-state index contributed by atoms with van der Waals surface area (Å²) in [6, 6.07) is 24.4. The molecule has 0 saturated carbocycles. The van der Waals surface area contributed by atoms with E-state index >= 15 is 0 Å². The first kappa shape index (κ1) is 35.7. The van der Waals surface area contributed by atoms with Crippen molar-refractivity contribution < 1.29 is 28.7 Å². The summed E-state index contributed by atoms with van der Waals surface area (Å²) in [7, 11) is 3.88. The van der Waals surface area contributed by atoms with Crippen LogP contribution in [0.4, 0.5) is 0 Å². The molecule has 0 radical (unpaired) electrons. The van der Waals surface area contributed by atoms with Crippen molar-refractivity contribution in [2.45, 2.75) is 51.6 Å². The van der Waals surface area contributed by atoms with Gasteiger partial charge in [-0.05, 0) is 59.4 Å². The Balaban J connectivity index is 0.993. The number of unbranched alkanes of at least 4 members (excludes halogenated alkanes) is 2. The van der Waals surface area contributed by atoms with Gasteiger partial charge in [-0.25, -0.2) is 29.1 Å². The minimum Gasteiger partial charge on any atom is -0.357 e. The van der Waals surface area contributed by atoms with Crippen LogP contribution < -0.4 is 29.8 Å². The molecule has 0 bridgehead atoms. The molecule has 52 heavy (non-hydrogen) atoms. The predicted octanol–water partition coefficient (Wildman–Crippen LogP) is 4.16. The summed E-state index contributed by atoms with van der Waals surface area (Å²) < 4.78 is 8.15. The lowest BCUT2D eigenvalue weighted by Crippen LogP contribution is -2.32. The largest absolute Gasteiger partial charge is 0.357 e. The van der Waals surface area contributed by atoms with Crippen LogP contribution in [0.2, 0.25) is 0 Å². The number of carbonyl (C=O) groups is 2. The molecule has 0 aliphatic heterocycles. The zero-order chi connectivity index (χ0) is 36.1. The van der Waals surface area contributed by atoms with Crippen molar-refractivity contribution in [1.82, 2.24) is 9.13 Å². The number of rotatable bonds is 13. The number of hydrogen-bond donors (Lipinski definition) is 0. The molecule has 10 heteroatoms. The second-order valence-electron chi connectivity index (χ2n) is 13.0. The van der Waals surface area contributed by atoms with Crippen molar-refractivity contribution in [2.24, 2.45) is 24.1 Å². The summed E-state index contributed by atoms with van der Waals surface area (Å²) in [4.78, 5) is 39.7. The molecule has 0 spiro atoms. The third-order valence-corrected chi connectivity index (χ3v) is 8.89. The fourth-order valence-corrected chi connectivity index (χ4v) is 5.88. The maximum Gasteiger partial charge on any atom is 0.276 e. The van der Waals surface area contributed by atoms with E-state index in [0.717, 1.165) is 72.4 Å². The number of amides is 2. The Morgan fingerprint density at radius 2 is 0.923 bits per heavy atom. The van der Waals surface area contributed by atoms with E-state index in [1.54, 1.807) is 0 Å². The van der Waals surface area contributed by atoms with Gasteiger partial charge in [0, 0.05) is 113 Å². The number of nitrogens with zero attached hydrogens (tertiary/aromatic N) is 6. The van der Waals surface area contributed by atoms with Crippen LogP contribution in [0.25, 0.3) is 33.6 Å². The second kappa shape index (κ2) is 17.7. The highest BCUT2D eigenvalue weighted by atomic mass is 16.1. The molecule has 6 aromatic heterocycles. The van der Waals surface area contributed by atoms with E-state index in [9.17, 15) is 9.59 Å². The molecule has 262 valence electrons. The third-order valence-electron chi connectivity index (χ3n) is 8.89. The molecule has 0 atom stereocenters. The lowest BCUT2D eigenvalue weighted by atomic mass is 10.0. The highest BCUT2D eigenvalue weighted by molar-refractivity contribution is 5.77. The van der Waals surface area contributed by atoms with Gasteiger partial charge in [0.05, 0.1) is 10.7 Å². The van der Waals surface area contributed by atoms with Crippen LogP contribution >= 0.6 is 0 Å². The van der Waals surface area contributed by atoms with Gasteiger partial charge in [-0.2, -0.15) is 0 Å². The topological polar surface area (TPSA) is 105 Å². The Bertz CT molecular complexity index is 2070. The Labute approximate surface area is 303 Å². The van der Waals surface area contributed by atoms with Crippen LogP contribution in [-0.2, 0) is 36.8 Å². The third kappa shape index (κ3) is 10.4. The molecule has 6 rings (SSSR count). The fourth-order valence-electron chi connectivity index (χ4n) is 5.88. The van der Waals surface area contributed by atoms with Crippen molar-refractivity contribution in [3.05, 3.63) is 145 Å². The van der Waals surface area contributed by atoms with Crippen LogP contribution in [-0.4, -0.2) is 20.9 Å². The summed E-state index contributed by atoms with van der Waals surface area (Å²) in [5, 5.41) is 1.40. The molecular formula is C42H46N8O2+4. The average molecular weight is 695 g/mol. The summed E-state index contributed by atoms with van der Waals surface area (Å²) in [5.74, 6) is -0.158. The predicted molar refractivity (Wildman–Crippen MR) is 196 cm³/mol. The van der Waals surface area contributed by atoms with Gasteiger partial charge in [0.25, 0.3) is 11.4 Å². The van der Waals surface area contributed by atoms with Gasteiger partial charge in [-0.3, -0.25) is 9.59 Å². The standard InChI is InChI=1S/C42H44N8O2/c1-47-23-15-37(16-24-47)45-41(51)7-3-5-21-49-27-11-33(12-28-49)35-9-19-43-39(31-35)40-32-36(10-20-44-40)34-13-29-50(30-14-34)22-6-4-8-42(52)46-38-17-25-48(2)26-18-38/h9-20,23-32H,3-8,21-22H2,1-2H3/q+2/p+2. The molecule has 0 aliphatic rings. The fraction of sp³-hybridized carbons (Fsp3) is 0.238. The number of aromatic nitrogens is 6. The monoisotopic (exact) mass is 694 g/mol. The first-order valence-corrected chi connectivity index (χ1v) is 17.8. The number of pyridine rings is 6. The number of H-pyrrole nitrogens is 2. The molecule has 2 N–H and O–H groups in total. The molecule has 0 fully saturated rings. The van der Waals surface area contributed by atoms with E-state index in [2.05, 4.69) is 102 Å². The lowest BCUT2D eigenvalue weighted by Gasteiger charge is -2.02. The first-order valence-electron chi connectivity index (χ1n) is 17.8. The lowest BCUT2D eigenvalue weighted by molar-refractivity contribution is -0.697. The van der Waals surface area contributed by atoms with Gasteiger partial charge in [0.1, 0.15) is 13.1 Å². The van der Waals surface area contributed by atoms with Crippen molar-refractivity contribution in [3.8, 4) is 33.6 Å². The Hall–Kier alpha value is -6.16. The maximum absolute atomic E-state index is 12.2. The number of aryl methyl sites for hydroxylation is 4. The van der Waals surface area contributed by atoms with Gasteiger partial charge < -0.3 is 9.13 Å². The average Bonchev–Trinajstić information content (AvgIpc) is 3.17. The zero-order valence-electron chi connectivity index (χ0n) is 29.9. The normalized spacial score (nSPS) is 10.9. The van der Waals surface area contributed by atoms with Gasteiger partial charge >= 0.3 is 0 Å². The quantitative estimate of drug-likeness (QED) is 0.134. The summed E-state index contributed by atoms with van der Waals surface area (Å²) in [6.07, 6.45) is 24.2. The highest BCUT2D eigenvalue weighted by Gasteiger charge is 2.17. The number of nitrogens with one attached hydrogen (secondary N) is 2. The van der Waals surface area contributed by atoms with Crippen LogP contribution in [0, 0.1) is 0 Å². The van der Waals surface area contributed by atoms with Crippen LogP contribution in [0.1, 0.15) is 38.5 Å². The van der Waals surface area contributed by atoms with Gasteiger partial charge in [-0.1, -0.05) is 0 Å². The molecular weight excluding hydrogens is 649 g/mol. The minimum atomic E-state index is -0.0789. The van der Waals surface area contributed by atoms with E-state index in [0.29, 0.717) is 23.6 Å². The van der Waals surface area contributed by atoms with E-state index in [1.165, 1.54) is 0 Å². The summed E-state index contributed by atoms with van der Waals surface area (Å²) in [5.41, 5.74) is 6.47. The van der Waals surface area contributed by atoms with Crippen molar-refractivity contribution in [2.75, 3.05) is 0 Å². The minimum absolute atomic E-state index is 0.0789. The molecule has 6 aromatic rings. The molecule has 0 aromatic carbocycles. The van der Waals surface area contributed by atoms with E-state index in [1.807, 2.05) is 84.7 Å². The van der Waals surface area contributed by atoms with E-state index in [-0.39, 0.29) is 11.8 Å². The molecule has 0 aliphatic carbocycles. The van der Waals surface area contributed by atoms with Gasteiger partial charge in [-0.15, -0.1) is 0 Å². The van der Waals surface area contributed by atoms with Crippen molar-refractivity contribution >= 4 is 11.8 Å². The van der Waals surface area contributed by atoms with Gasteiger partial charge in [0.2, 0.25) is 11.8 Å². The number of aromatic amines is 2. The molecule has 0 saturated heterocycles. The Kier molecular flexibility index (Phi) is 12.1. The number of hydrogen-bond acceptors (Lipinski definition) is 2. The van der Waals surface area contributed by atoms with E-state index in [4.69, 9.17) is 0 Å². The SMILES string of the molecule is Cn1ccc(=NC(=O)CCCC[n+]2ccc(-c3cc[nH+]c(-c4cc(-c5cc[n+](CCCCC(=O)N=c6ccn(C)cc6)cc5)cc[nH+]4)c3)cc2)cc1. The van der Waals surface area contributed by atoms with E-state index < -0.39 is 0 Å². The Morgan fingerprint density at radius 1 is 0.538 bits per heavy atom. The van der Waals surface area contributed by atoms with Crippen molar-refractivity contribution in [3.63, 3.8) is 0 Å². The van der Waals surface area contributed by atoms with Gasteiger partial charge in [0.15, 0.2) is 37.2 Å². The summed E-state index contributed by atoms with van der Waals surface area (Å²) in [6.45, 7) is 1.69. The Morgan fingerprint density at radius 3 is 1.31 bits per heavy atom. The molecule has 6 heterocycles. The molecule has 0 unspecified atom stereocenters. The number of carbonyl (C=O) groups excluding carboxylic acids is 2. The summed E-state index contributed by atoms with van der Waals surface area (Å²) >= 11 is 0. The zero-order valence-corrected chi connectivity index (χ0v) is 29.9. The van der Waals surface area contributed by atoms with Crippen LogP contribution in [0.3, 0.4) is 0 Å².